The lowest BCUT2D eigenvalue weighted by Crippen LogP contribution is -2.06. The number of hydrogen-bond acceptors (Lipinski definition) is 4. The van der Waals surface area contributed by atoms with Gasteiger partial charge in [-0.05, 0) is 19.1 Å². The van der Waals surface area contributed by atoms with E-state index in [2.05, 4.69) is 9.72 Å². The van der Waals surface area contributed by atoms with Crippen molar-refractivity contribution in [2.24, 2.45) is 0 Å². The van der Waals surface area contributed by atoms with Crippen LogP contribution in [0.25, 0.3) is 0 Å². The number of aromatic nitrogens is 1. The van der Waals surface area contributed by atoms with Gasteiger partial charge in [0, 0.05) is 11.4 Å². The molecular weight excluding hydrogens is 156 g/mol. The zero-order chi connectivity index (χ0) is 9.14. The molecule has 1 heterocycles. The first kappa shape index (κ1) is 8.52. The summed E-state index contributed by atoms with van der Waals surface area (Å²) in [4.78, 5) is 14.9. The predicted octanol–water partition coefficient (Wildman–Crippen LogP) is 0.759. The van der Waals surface area contributed by atoms with Crippen LogP contribution in [0.4, 0.5) is 5.69 Å². The summed E-state index contributed by atoms with van der Waals surface area (Å²) in [6.45, 7) is 1.77. The number of methoxy groups -OCH3 is 1. The van der Waals surface area contributed by atoms with Crippen LogP contribution in [-0.2, 0) is 4.74 Å². The molecule has 0 aromatic carbocycles. The molecule has 1 aromatic heterocycles. The number of rotatable bonds is 1. The highest BCUT2D eigenvalue weighted by molar-refractivity contribution is 5.88. The van der Waals surface area contributed by atoms with Gasteiger partial charge < -0.3 is 10.5 Å². The lowest BCUT2D eigenvalue weighted by molar-refractivity contribution is 0.0594. The Bertz CT molecular complexity index is 290. The maximum atomic E-state index is 11.0. The Balaban J connectivity index is 3.08. The highest BCUT2D eigenvalue weighted by Crippen LogP contribution is 2.07. The van der Waals surface area contributed by atoms with Gasteiger partial charge in [0.05, 0.1) is 7.11 Å². The van der Waals surface area contributed by atoms with E-state index in [1.165, 1.54) is 13.2 Å². The molecule has 0 saturated heterocycles. The molecule has 0 aliphatic heterocycles. The van der Waals surface area contributed by atoms with Crippen LogP contribution in [0.3, 0.4) is 0 Å². The van der Waals surface area contributed by atoms with Crippen LogP contribution in [0.5, 0.6) is 0 Å². The summed E-state index contributed by atoms with van der Waals surface area (Å²) in [5.74, 6) is -0.467. The van der Waals surface area contributed by atoms with Gasteiger partial charge in [-0.25, -0.2) is 9.78 Å². The number of nitrogens with zero attached hydrogens (tertiary/aromatic N) is 1. The molecule has 0 fully saturated rings. The summed E-state index contributed by atoms with van der Waals surface area (Å²) >= 11 is 0. The van der Waals surface area contributed by atoms with Crippen molar-refractivity contribution in [1.82, 2.24) is 4.98 Å². The largest absolute Gasteiger partial charge is 0.464 e. The fraction of sp³-hybridized carbons (Fsp3) is 0.250. The Labute approximate surface area is 70.4 Å². The normalized spacial score (nSPS) is 9.50. The molecule has 0 aliphatic rings. The Morgan fingerprint density at radius 2 is 2.25 bits per heavy atom. The first-order valence-electron chi connectivity index (χ1n) is 3.46. The fourth-order valence-corrected chi connectivity index (χ4v) is 0.904. The molecule has 64 valence electrons. The molecule has 4 nitrogen and oxygen atoms in total. The van der Waals surface area contributed by atoms with Crippen molar-refractivity contribution in [1.29, 1.82) is 0 Å². The SMILES string of the molecule is COC(=O)c1cc(N)cc(C)n1. The lowest BCUT2D eigenvalue weighted by atomic mass is 10.3. The molecule has 0 unspecified atom stereocenters. The highest BCUT2D eigenvalue weighted by atomic mass is 16.5. The number of carbonyl (C=O) groups excluding carboxylic acids is 1. The summed E-state index contributed by atoms with van der Waals surface area (Å²) in [6, 6.07) is 3.17. The number of nitrogens with two attached hydrogens (primary N) is 1. The number of hydrogen-bond donors (Lipinski definition) is 1. The summed E-state index contributed by atoms with van der Waals surface area (Å²) in [7, 11) is 1.31. The van der Waals surface area contributed by atoms with Gasteiger partial charge in [-0.1, -0.05) is 0 Å². The maximum absolute atomic E-state index is 11.0. The van der Waals surface area contributed by atoms with Crippen LogP contribution >= 0.6 is 0 Å². The van der Waals surface area contributed by atoms with Crippen LogP contribution in [0.15, 0.2) is 12.1 Å². The second kappa shape index (κ2) is 3.21. The van der Waals surface area contributed by atoms with E-state index in [1.54, 1.807) is 13.0 Å². The molecule has 1 aromatic rings. The van der Waals surface area contributed by atoms with Gasteiger partial charge in [0.25, 0.3) is 0 Å². The third kappa shape index (κ3) is 1.72. The number of pyridine rings is 1. The van der Waals surface area contributed by atoms with Crippen molar-refractivity contribution in [2.75, 3.05) is 12.8 Å². The number of nitrogen functional groups attached to an aromatic ring is 1. The average Bonchev–Trinajstić information content (AvgIpc) is 2.01. The van der Waals surface area contributed by atoms with E-state index in [0.717, 1.165) is 0 Å². The lowest BCUT2D eigenvalue weighted by Gasteiger charge is -2.00. The van der Waals surface area contributed by atoms with Crippen LogP contribution in [-0.4, -0.2) is 18.1 Å². The molecule has 1 rings (SSSR count). The molecular formula is C8H10N2O2. The molecule has 4 heteroatoms. The molecule has 0 spiro atoms. The third-order valence-corrected chi connectivity index (χ3v) is 1.37. The van der Waals surface area contributed by atoms with E-state index in [1.807, 2.05) is 0 Å². The quantitative estimate of drug-likeness (QED) is 0.625. The number of ether oxygens (including phenoxy) is 1. The Morgan fingerprint density at radius 3 is 2.75 bits per heavy atom. The third-order valence-electron chi connectivity index (χ3n) is 1.37. The molecule has 12 heavy (non-hydrogen) atoms. The predicted molar refractivity (Wildman–Crippen MR) is 44.7 cm³/mol. The van der Waals surface area contributed by atoms with Gasteiger partial charge in [0.1, 0.15) is 0 Å². The molecule has 2 N–H and O–H groups in total. The summed E-state index contributed by atoms with van der Waals surface area (Å²) in [6.07, 6.45) is 0. The van der Waals surface area contributed by atoms with Crippen molar-refractivity contribution in [3.05, 3.63) is 23.5 Å². The summed E-state index contributed by atoms with van der Waals surface area (Å²) < 4.78 is 4.49. The minimum Gasteiger partial charge on any atom is -0.464 e. The van der Waals surface area contributed by atoms with Gasteiger partial charge in [0.2, 0.25) is 0 Å². The van der Waals surface area contributed by atoms with Crippen molar-refractivity contribution in [3.8, 4) is 0 Å². The van der Waals surface area contributed by atoms with E-state index < -0.39 is 5.97 Å². The number of carbonyl (C=O) groups is 1. The molecule has 0 radical (unpaired) electrons. The Hall–Kier alpha value is -1.58. The van der Waals surface area contributed by atoms with Crippen molar-refractivity contribution in [2.45, 2.75) is 6.92 Å². The van der Waals surface area contributed by atoms with Gasteiger partial charge in [-0.2, -0.15) is 0 Å². The van der Waals surface area contributed by atoms with Crippen LogP contribution in [0.1, 0.15) is 16.2 Å². The topological polar surface area (TPSA) is 65.2 Å². The van der Waals surface area contributed by atoms with E-state index in [-0.39, 0.29) is 5.69 Å². The minimum absolute atomic E-state index is 0.245. The van der Waals surface area contributed by atoms with Gasteiger partial charge in [-0.15, -0.1) is 0 Å². The summed E-state index contributed by atoms with van der Waals surface area (Å²) in [5.41, 5.74) is 6.97. The fourth-order valence-electron chi connectivity index (χ4n) is 0.904. The van der Waals surface area contributed by atoms with E-state index >= 15 is 0 Å². The zero-order valence-electron chi connectivity index (χ0n) is 7.00. The number of esters is 1. The van der Waals surface area contributed by atoms with Crippen molar-refractivity contribution >= 4 is 11.7 Å². The van der Waals surface area contributed by atoms with E-state index in [4.69, 9.17) is 5.73 Å². The number of aryl methyl sites for hydroxylation is 1. The summed E-state index contributed by atoms with van der Waals surface area (Å²) in [5, 5.41) is 0. The van der Waals surface area contributed by atoms with Crippen molar-refractivity contribution < 1.29 is 9.53 Å². The Kier molecular flexibility index (Phi) is 2.28. The molecule has 0 saturated carbocycles. The first-order valence-corrected chi connectivity index (χ1v) is 3.46. The monoisotopic (exact) mass is 166 g/mol. The molecule has 0 bridgehead atoms. The standard InChI is InChI=1S/C8H10N2O2/c1-5-3-6(9)4-7(10-5)8(11)12-2/h3-4H,1-2H3,(H2,9,10). The van der Waals surface area contributed by atoms with Crippen LogP contribution < -0.4 is 5.73 Å². The molecule has 0 amide bonds. The van der Waals surface area contributed by atoms with Crippen molar-refractivity contribution in [3.63, 3.8) is 0 Å². The number of anilines is 1. The van der Waals surface area contributed by atoms with Crippen LogP contribution in [0.2, 0.25) is 0 Å². The Morgan fingerprint density at radius 1 is 1.58 bits per heavy atom. The maximum Gasteiger partial charge on any atom is 0.356 e. The smallest absolute Gasteiger partial charge is 0.356 e. The van der Waals surface area contributed by atoms with E-state index in [9.17, 15) is 4.79 Å². The average molecular weight is 166 g/mol. The second-order valence-electron chi connectivity index (χ2n) is 2.42. The molecule has 0 atom stereocenters. The van der Waals surface area contributed by atoms with E-state index in [0.29, 0.717) is 11.4 Å². The first-order chi connectivity index (χ1) is 5.63. The van der Waals surface area contributed by atoms with Gasteiger partial charge >= 0.3 is 5.97 Å². The highest BCUT2D eigenvalue weighted by Gasteiger charge is 2.07. The van der Waals surface area contributed by atoms with Gasteiger partial charge in [-0.3, -0.25) is 0 Å². The second-order valence-corrected chi connectivity index (χ2v) is 2.42. The molecule has 0 aliphatic carbocycles. The van der Waals surface area contributed by atoms with Crippen LogP contribution in [0, 0.1) is 6.92 Å². The minimum atomic E-state index is -0.467. The zero-order valence-corrected chi connectivity index (χ0v) is 7.00. The van der Waals surface area contributed by atoms with Gasteiger partial charge in [0.15, 0.2) is 5.69 Å².